The molecule has 162 valence electrons. The lowest BCUT2D eigenvalue weighted by Crippen LogP contribution is -2.41. The third kappa shape index (κ3) is 8.09. The molecule has 1 heterocycles. The van der Waals surface area contributed by atoms with Gasteiger partial charge in [-0.3, -0.25) is 9.59 Å². The van der Waals surface area contributed by atoms with Crippen LogP contribution in [0.5, 0.6) is 11.5 Å². The number of hydrogen-bond donors (Lipinski definition) is 1. The van der Waals surface area contributed by atoms with Crippen LogP contribution in [0.25, 0.3) is 0 Å². The zero-order chi connectivity index (χ0) is 22.0. The van der Waals surface area contributed by atoms with Gasteiger partial charge in [0, 0.05) is 18.7 Å². The molecule has 0 radical (unpaired) electrons. The van der Waals surface area contributed by atoms with Gasteiger partial charge in [0.1, 0.15) is 6.04 Å². The van der Waals surface area contributed by atoms with Crippen LogP contribution in [0.15, 0.2) is 12.3 Å². The van der Waals surface area contributed by atoms with Crippen molar-refractivity contribution in [3.05, 3.63) is 18.0 Å². The van der Waals surface area contributed by atoms with E-state index in [4.69, 9.17) is 14.2 Å². The molecule has 0 saturated carbocycles. The van der Waals surface area contributed by atoms with E-state index in [1.54, 1.807) is 0 Å². The summed E-state index contributed by atoms with van der Waals surface area (Å²) in [6, 6.07) is 0.596. The molecule has 1 aromatic heterocycles. The SMILES string of the molecule is CCCCC(=O)Oc1c(OC)ccnc1C(=O)N[C@@H](C)C(=O)OC(C)CC(C)C. The van der Waals surface area contributed by atoms with Crippen molar-refractivity contribution in [3.8, 4) is 11.5 Å². The van der Waals surface area contributed by atoms with Crippen LogP contribution in [-0.4, -0.2) is 42.1 Å². The predicted molar refractivity (Wildman–Crippen MR) is 108 cm³/mol. The summed E-state index contributed by atoms with van der Waals surface area (Å²) in [4.78, 5) is 41.0. The predicted octanol–water partition coefficient (Wildman–Crippen LogP) is 3.28. The number of nitrogens with zero attached hydrogens (tertiary/aromatic N) is 1. The average Bonchev–Trinajstić information content (AvgIpc) is 2.65. The summed E-state index contributed by atoms with van der Waals surface area (Å²) in [5.74, 6) is -1.17. The Morgan fingerprint density at radius 3 is 2.45 bits per heavy atom. The van der Waals surface area contributed by atoms with Gasteiger partial charge in [-0.25, -0.2) is 9.78 Å². The van der Waals surface area contributed by atoms with E-state index >= 15 is 0 Å². The first-order chi connectivity index (χ1) is 13.7. The number of ether oxygens (including phenoxy) is 3. The zero-order valence-corrected chi connectivity index (χ0v) is 18.1. The maximum Gasteiger partial charge on any atom is 0.328 e. The number of hydrogen-bond acceptors (Lipinski definition) is 7. The monoisotopic (exact) mass is 408 g/mol. The molecule has 2 atom stereocenters. The smallest absolute Gasteiger partial charge is 0.328 e. The lowest BCUT2D eigenvalue weighted by atomic mass is 10.1. The normalized spacial score (nSPS) is 12.8. The molecule has 1 N–H and O–H groups in total. The van der Waals surface area contributed by atoms with Crippen LogP contribution in [0.4, 0.5) is 0 Å². The van der Waals surface area contributed by atoms with E-state index in [0.29, 0.717) is 12.3 Å². The highest BCUT2D eigenvalue weighted by molar-refractivity contribution is 5.98. The highest BCUT2D eigenvalue weighted by Gasteiger charge is 2.26. The lowest BCUT2D eigenvalue weighted by Gasteiger charge is -2.19. The van der Waals surface area contributed by atoms with Crippen molar-refractivity contribution < 1.29 is 28.6 Å². The van der Waals surface area contributed by atoms with E-state index in [0.717, 1.165) is 12.8 Å². The van der Waals surface area contributed by atoms with Gasteiger partial charge in [0.2, 0.25) is 5.75 Å². The van der Waals surface area contributed by atoms with Crippen molar-refractivity contribution in [2.75, 3.05) is 7.11 Å². The molecule has 0 spiro atoms. The van der Waals surface area contributed by atoms with Gasteiger partial charge in [0.15, 0.2) is 11.4 Å². The summed E-state index contributed by atoms with van der Waals surface area (Å²) in [5.41, 5.74) is -0.135. The Hall–Kier alpha value is -2.64. The van der Waals surface area contributed by atoms with Crippen LogP contribution >= 0.6 is 0 Å². The minimum atomic E-state index is -0.895. The number of esters is 2. The van der Waals surface area contributed by atoms with Crippen LogP contribution in [0.2, 0.25) is 0 Å². The van der Waals surface area contributed by atoms with Crippen LogP contribution in [-0.2, 0) is 14.3 Å². The number of pyridine rings is 1. The number of unbranched alkanes of at least 4 members (excludes halogenated alkanes) is 1. The molecule has 0 bridgehead atoms. The van der Waals surface area contributed by atoms with Gasteiger partial charge in [-0.15, -0.1) is 0 Å². The van der Waals surface area contributed by atoms with Gasteiger partial charge in [0.25, 0.3) is 5.91 Å². The topological polar surface area (TPSA) is 104 Å². The molecule has 0 aliphatic rings. The maximum absolute atomic E-state index is 12.7. The Bertz CT molecular complexity index is 704. The molecule has 0 aliphatic carbocycles. The fourth-order valence-corrected chi connectivity index (χ4v) is 2.67. The maximum atomic E-state index is 12.7. The quantitative estimate of drug-likeness (QED) is 0.560. The molecule has 0 aliphatic heterocycles. The summed E-state index contributed by atoms with van der Waals surface area (Å²) < 4.78 is 15.9. The van der Waals surface area contributed by atoms with Crippen molar-refractivity contribution >= 4 is 17.8 Å². The van der Waals surface area contributed by atoms with Gasteiger partial charge in [0.05, 0.1) is 13.2 Å². The Labute approximate surface area is 172 Å². The molecular formula is C21H32N2O6. The summed E-state index contributed by atoms with van der Waals surface area (Å²) in [6.07, 6.45) is 3.55. The van der Waals surface area contributed by atoms with E-state index in [-0.39, 0.29) is 29.7 Å². The molecule has 1 aromatic rings. The molecule has 29 heavy (non-hydrogen) atoms. The fourth-order valence-electron chi connectivity index (χ4n) is 2.67. The Morgan fingerprint density at radius 2 is 1.86 bits per heavy atom. The summed E-state index contributed by atoms with van der Waals surface area (Å²) in [7, 11) is 1.40. The first-order valence-electron chi connectivity index (χ1n) is 9.94. The molecule has 0 fully saturated rings. The van der Waals surface area contributed by atoms with Gasteiger partial charge in [-0.05, 0) is 32.6 Å². The minimum absolute atomic E-state index is 0.0673. The molecular weight excluding hydrogens is 376 g/mol. The Morgan fingerprint density at radius 1 is 1.17 bits per heavy atom. The molecule has 0 aromatic carbocycles. The summed E-state index contributed by atoms with van der Waals surface area (Å²) in [6.45, 7) is 9.36. The highest BCUT2D eigenvalue weighted by atomic mass is 16.6. The highest BCUT2D eigenvalue weighted by Crippen LogP contribution is 2.30. The molecule has 1 rings (SSSR count). The second-order valence-electron chi connectivity index (χ2n) is 7.34. The van der Waals surface area contributed by atoms with Crippen molar-refractivity contribution in [2.45, 2.75) is 72.4 Å². The van der Waals surface area contributed by atoms with E-state index < -0.39 is 23.9 Å². The van der Waals surface area contributed by atoms with Crippen molar-refractivity contribution in [3.63, 3.8) is 0 Å². The first kappa shape index (κ1) is 24.4. The van der Waals surface area contributed by atoms with Crippen molar-refractivity contribution in [2.24, 2.45) is 5.92 Å². The van der Waals surface area contributed by atoms with Crippen molar-refractivity contribution in [1.82, 2.24) is 10.3 Å². The standard InChI is InChI=1S/C21H32N2O6/c1-7-8-9-17(24)29-19-16(27-6)10-11-22-18(19)20(25)23-15(5)21(26)28-14(4)12-13(2)3/h10-11,13-15H,7-9,12H2,1-6H3,(H,23,25)/t14?,15-/m0/s1. The van der Waals surface area contributed by atoms with Crippen molar-refractivity contribution in [1.29, 1.82) is 0 Å². The van der Waals surface area contributed by atoms with E-state index in [2.05, 4.69) is 10.3 Å². The second-order valence-corrected chi connectivity index (χ2v) is 7.34. The average molecular weight is 408 g/mol. The molecule has 8 heteroatoms. The van der Waals surface area contributed by atoms with E-state index in [9.17, 15) is 14.4 Å². The fraction of sp³-hybridized carbons (Fsp3) is 0.619. The second kappa shape index (κ2) is 12.0. The number of nitrogens with one attached hydrogen (secondary N) is 1. The number of amides is 1. The molecule has 0 saturated heterocycles. The number of aromatic nitrogens is 1. The van der Waals surface area contributed by atoms with E-state index in [1.165, 1.54) is 26.3 Å². The molecule has 1 unspecified atom stereocenters. The lowest BCUT2D eigenvalue weighted by molar-refractivity contribution is -0.150. The number of carbonyl (C=O) groups excluding carboxylic acids is 3. The van der Waals surface area contributed by atoms with Crippen LogP contribution < -0.4 is 14.8 Å². The third-order valence-electron chi connectivity index (χ3n) is 4.08. The third-order valence-corrected chi connectivity index (χ3v) is 4.08. The largest absolute Gasteiger partial charge is 0.493 e. The van der Waals surface area contributed by atoms with Gasteiger partial charge >= 0.3 is 11.9 Å². The number of rotatable bonds is 11. The molecule has 1 amide bonds. The Kier molecular flexibility index (Phi) is 10.1. The zero-order valence-electron chi connectivity index (χ0n) is 18.1. The number of methoxy groups -OCH3 is 1. The van der Waals surface area contributed by atoms with Crippen LogP contribution in [0, 0.1) is 5.92 Å². The summed E-state index contributed by atoms with van der Waals surface area (Å²) in [5, 5.41) is 2.54. The minimum Gasteiger partial charge on any atom is -0.493 e. The first-order valence-corrected chi connectivity index (χ1v) is 9.94. The van der Waals surface area contributed by atoms with Crippen LogP contribution in [0.3, 0.4) is 0 Å². The van der Waals surface area contributed by atoms with Gasteiger partial charge in [-0.1, -0.05) is 27.2 Å². The van der Waals surface area contributed by atoms with Gasteiger partial charge < -0.3 is 19.5 Å². The number of carbonyl (C=O) groups is 3. The van der Waals surface area contributed by atoms with Crippen LogP contribution in [0.1, 0.15) is 70.8 Å². The van der Waals surface area contributed by atoms with Gasteiger partial charge in [-0.2, -0.15) is 0 Å². The Balaban J connectivity index is 2.89. The molecule has 8 nitrogen and oxygen atoms in total. The summed E-state index contributed by atoms with van der Waals surface area (Å²) >= 11 is 0. The van der Waals surface area contributed by atoms with E-state index in [1.807, 2.05) is 27.7 Å².